The van der Waals surface area contributed by atoms with Crippen molar-refractivity contribution in [2.45, 2.75) is 45.3 Å². The zero-order valence-electron chi connectivity index (χ0n) is 26.3. The van der Waals surface area contributed by atoms with Crippen molar-refractivity contribution in [2.75, 3.05) is 50.8 Å². The van der Waals surface area contributed by atoms with Gasteiger partial charge in [-0.25, -0.2) is 9.50 Å². The predicted octanol–water partition coefficient (Wildman–Crippen LogP) is 4.63. The highest BCUT2D eigenvalue weighted by molar-refractivity contribution is 7.59. The molecule has 0 aliphatic carbocycles. The molecule has 1 aromatic carbocycles. The Morgan fingerprint density at radius 1 is 1.22 bits per heavy atom. The number of carbonyl (C=O) groups excluding carboxylic acids is 1. The van der Waals surface area contributed by atoms with Crippen molar-refractivity contribution in [3.8, 4) is 23.1 Å². The van der Waals surface area contributed by atoms with Crippen molar-refractivity contribution in [3.05, 3.63) is 70.8 Å². The molecule has 1 N–H and O–H groups in total. The Kier molecular flexibility index (Phi) is 10.4. The molecule has 11 nitrogen and oxygen atoms in total. The topological polar surface area (TPSA) is 121 Å². The molecular weight excluding hydrogens is 624 g/mol. The Balaban J connectivity index is 0.00000417. The number of carbonyl (C=O) groups is 1. The average molecular weight is 663 g/mol. The Morgan fingerprint density at radius 3 is 2.72 bits per heavy atom. The molecule has 2 saturated heterocycles. The fourth-order valence-corrected chi connectivity index (χ4v) is 6.35. The van der Waals surface area contributed by atoms with E-state index in [0.717, 1.165) is 43.9 Å². The highest BCUT2D eigenvalue weighted by Gasteiger charge is 2.33. The number of aryl methyl sites for hydroxylation is 1. The number of ether oxygens (including phenoxy) is 2. The molecule has 0 spiro atoms. The number of nitrogens with zero attached hydrogens (tertiary/aromatic N) is 7. The third-order valence-electron chi connectivity index (χ3n) is 8.78. The molecule has 2 aliphatic rings. The van der Waals surface area contributed by atoms with E-state index < -0.39 is 0 Å². The molecular formula is C33H39ClN8O3S. The van der Waals surface area contributed by atoms with Gasteiger partial charge in [0.15, 0.2) is 0 Å². The van der Waals surface area contributed by atoms with Crippen LogP contribution in [-0.4, -0.2) is 88.0 Å². The third kappa shape index (κ3) is 7.08. The van der Waals surface area contributed by atoms with Crippen molar-refractivity contribution < 1.29 is 14.3 Å². The van der Waals surface area contributed by atoms with Crippen molar-refractivity contribution in [1.29, 1.82) is 5.26 Å². The van der Waals surface area contributed by atoms with E-state index in [4.69, 9.17) is 31.0 Å². The van der Waals surface area contributed by atoms with Gasteiger partial charge in [0.25, 0.3) is 5.91 Å². The SMILES string of the molecule is CCN1CCO[C@H](COc2cc(-c3cnc(N4CCC(C)(NC(=O)c5c(C)cccc5Cl)CC4)cn3)c3c(C#N)cnn3c2)C1.S. The van der Waals surface area contributed by atoms with Crippen LogP contribution in [0.4, 0.5) is 5.82 Å². The Labute approximate surface area is 280 Å². The van der Waals surface area contributed by atoms with E-state index >= 15 is 0 Å². The first-order valence-electron chi connectivity index (χ1n) is 15.3. The number of likely N-dealkylation sites (N-methyl/N-ethyl adjacent to an activating group) is 1. The minimum Gasteiger partial charge on any atom is -0.489 e. The fourth-order valence-electron chi connectivity index (χ4n) is 6.04. The van der Waals surface area contributed by atoms with E-state index in [0.29, 0.717) is 65.0 Å². The maximum absolute atomic E-state index is 13.1. The van der Waals surface area contributed by atoms with Crippen LogP contribution in [0.5, 0.6) is 5.75 Å². The summed E-state index contributed by atoms with van der Waals surface area (Å²) in [7, 11) is 0. The molecule has 13 heteroatoms. The summed E-state index contributed by atoms with van der Waals surface area (Å²) in [5, 5.41) is 17.8. The highest BCUT2D eigenvalue weighted by atomic mass is 35.5. The number of morpholine rings is 1. The second kappa shape index (κ2) is 14.3. The average Bonchev–Trinajstić information content (AvgIpc) is 3.47. The second-order valence-electron chi connectivity index (χ2n) is 11.9. The number of pyridine rings is 1. The van der Waals surface area contributed by atoms with Crippen LogP contribution < -0.4 is 15.0 Å². The molecule has 3 aromatic heterocycles. The largest absolute Gasteiger partial charge is 0.489 e. The normalized spacial score (nSPS) is 18.1. The van der Waals surface area contributed by atoms with Gasteiger partial charge in [0.05, 0.1) is 58.8 Å². The molecule has 0 bridgehead atoms. The van der Waals surface area contributed by atoms with Gasteiger partial charge in [0, 0.05) is 37.3 Å². The smallest absolute Gasteiger partial charge is 0.253 e. The van der Waals surface area contributed by atoms with Crippen LogP contribution in [0.3, 0.4) is 0 Å². The van der Waals surface area contributed by atoms with E-state index in [-0.39, 0.29) is 31.0 Å². The number of benzene rings is 1. The summed E-state index contributed by atoms with van der Waals surface area (Å²) in [5.74, 6) is 1.21. The standard InChI is InChI=1S/C33H37ClN8O3.H2S/c1-4-40-12-13-44-25(19-40)21-45-24-14-26(31-23(15-35)16-38-42(31)20-24)28-17-37-29(18-36-28)41-10-8-33(3,9-11-41)39-32(43)30-22(2)6-5-7-27(30)34;/h5-7,14,16-18,20,25H,4,8-13,19,21H2,1-3H3,(H,39,43);1H2/t25-;/m0./s1. The molecule has 4 aromatic rings. The summed E-state index contributed by atoms with van der Waals surface area (Å²) in [6.07, 6.45) is 8.27. The summed E-state index contributed by atoms with van der Waals surface area (Å²) < 4.78 is 13.7. The van der Waals surface area contributed by atoms with Gasteiger partial charge in [-0.15, -0.1) is 0 Å². The molecule has 46 heavy (non-hydrogen) atoms. The quantitative estimate of drug-likeness (QED) is 0.288. The van der Waals surface area contributed by atoms with Crippen LogP contribution in [0.2, 0.25) is 5.02 Å². The lowest BCUT2D eigenvalue weighted by atomic mass is 9.89. The first-order chi connectivity index (χ1) is 21.8. The van der Waals surface area contributed by atoms with Gasteiger partial charge >= 0.3 is 0 Å². The molecule has 0 unspecified atom stereocenters. The molecule has 2 fully saturated rings. The lowest BCUT2D eigenvalue weighted by molar-refractivity contribution is -0.0464. The zero-order valence-corrected chi connectivity index (χ0v) is 28.0. The van der Waals surface area contributed by atoms with Crippen LogP contribution in [0.15, 0.2) is 49.1 Å². The number of piperidine rings is 1. The number of aromatic nitrogens is 4. The van der Waals surface area contributed by atoms with E-state index in [1.807, 2.05) is 25.1 Å². The first kappa shape index (κ1) is 33.5. The van der Waals surface area contributed by atoms with Crippen molar-refractivity contribution in [1.82, 2.24) is 29.8 Å². The molecule has 0 saturated carbocycles. The van der Waals surface area contributed by atoms with Gasteiger partial charge in [0.1, 0.15) is 30.3 Å². The van der Waals surface area contributed by atoms with E-state index in [1.54, 1.807) is 35.4 Å². The fraction of sp³-hybridized carbons (Fsp3) is 0.424. The number of hydrogen-bond donors (Lipinski definition) is 1. The number of rotatable bonds is 8. The number of anilines is 1. The van der Waals surface area contributed by atoms with E-state index in [9.17, 15) is 10.1 Å². The molecule has 2 aliphatic heterocycles. The van der Waals surface area contributed by atoms with Gasteiger partial charge in [-0.1, -0.05) is 30.7 Å². The number of amides is 1. The molecule has 1 amide bonds. The lowest BCUT2D eigenvalue weighted by Gasteiger charge is -2.40. The summed E-state index contributed by atoms with van der Waals surface area (Å²) in [5.41, 5.74) is 3.43. The van der Waals surface area contributed by atoms with E-state index in [1.165, 1.54) is 0 Å². The number of hydrogen-bond acceptors (Lipinski definition) is 9. The first-order valence-corrected chi connectivity index (χ1v) is 15.7. The third-order valence-corrected chi connectivity index (χ3v) is 9.10. The van der Waals surface area contributed by atoms with Crippen molar-refractivity contribution in [2.24, 2.45) is 0 Å². The summed E-state index contributed by atoms with van der Waals surface area (Å²) in [6.45, 7) is 11.3. The maximum Gasteiger partial charge on any atom is 0.253 e. The van der Waals surface area contributed by atoms with Gasteiger partial charge in [-0.2, -0.15) is 23.9 Å². The number of nitriles is 1. The second-order valence-corrected chi connectivity index (χ2v) is 12.4. The molecule has 6 rings (SSSR count). The minimum atomic E-state index is -0.369. The summed E-state index contributed by atoms with van der Waals surface area (Å²) in [4.78, 5) is 27.1. The van der Waals surface area contributed by atoms with Gasteiger partial charge in [-0.3, -0.25) is 14.7 Å². The monoisotopic (exact) mass is 662 g/mol. The predicted molar refractivity (Wildman–Crippen MR) is 182 cm³/mol. The lowest BCUT2D eigenvalue weighted by Crippen LogP contribution is -2.53. The number of halogens is 1. The Bertz CT molecular complexity index is 1710. The van der Waals surface area contributed by atoms with Gasteiger partial charge < -0.3 is 19.7 Å². The van der Waals surface area contributed by atoms with Crippen molar-refractivity contribution in [3.63, 3.8) is 0 Å². The Hall–Kier alpha value is -3.89. The molecule has 1 atom stereocenters. The molecule has 242 valence electrons. The van der Waals surface area contributed by atoms with Crippen LogP contribution in [0, 0.1) is 18.3 Å². The zero-order chi connectivity index (χ0) is 31.6. The summed E-state index contributed by atoms with van der Waals surface area (Å²) in [6, 6.07) is 9.60. The van der Waals surface area contributed by atoms with Gasteiger partial charge in [-0.05, 0) is 50.9 Å². The number of nitrogens with one attached hydrogen (secondary N) is 1. The van der Waals surface area contributed by atoms with Crippen LogP contribution in [-0.2, 0) is 4.74 Å². The maximum atomic E-state index is 13.1. The molecule has 5 heterocycles. The van der Waals surface area contributed by atoms with Crippen molar-refractivity contribution >= 4 is 42.3 Å². The van der Waals surface area contributed by atoms with Crippen LogP contribution >= 0.6 is 25.1 Å². The molecule has 0 radical (unpaired) electrons. The number of fused-ring (bicyclic) bond motifs is 1. The van der Waals surface area contributed by atoms with Crippen LogP contribution in [0.25, 0.3) is 16.8 Å². The summed E-state index contributed by atoms with van der Waals surface area (Å²) >= 11 is 6.34. The van der Waals surface area contributed by atoms with Crippen LogP contribution in [0.1, 0.15) is 48.2 Å². The highest BCUT2D eigenvalue weighted by Crippen LogP contribution is 2.31. The minimum absolute atomic E-state index is 0. The van der Waals surface area contributed by atoms with Gasteiger partial charge in [0.2, 0.25) is 0 Å². The van der Waals surface area contributed by atoms with E-state index in [2.05, 4.69) is 40.1 Å². The Morgan fingerprint density at radius 2 is 2.02 bits per heavy atom.